The van der Waals surface area contributed by atoms with Crippen LogP contribution in [0.5, 0.6) is 5.75 Å². The Morgan fingerprint density at radius 2 is 2.06 bits per heavy atom. The number of ether oxygens (including phenoxy) is 1. The summed E-state index contributed by atoms with van der Waals surface area (Å²) in [6.45, 7) is 2.72. The lowest BCUT2D eigenvalue weighted by Gasteiger charge is -2.39. The smallest absolute Gasteiger partial charge is 0.309 e. The predicted octanol–water partition coefficient (Wildman–Crippen LogP) is 5.55. The molecule has 0 unspecified atom stereocenters. The fourth-order valence-electron chi connectivity index (χ4n) is 5.37. The van der Waals surface area contributed by atoms with E-state index in [9.17, 15) is 14.3 Å². The third-order valence-electron chi connectivity index (χ3n) is 7.55. The van der Waals surface area contributed by atoms with Crippen molar-refractivity contribution in [3.05, 3.63) is 35.8 Å². The minimum Gasteiger partial charge on any atom is -0.497 e. The van der Waals surface area contributed by atoms with Crippen LogP contribution < -0.4 is 4.74 Å². The highest BCUT2D eigenvalue weighted by Gasteiger charge is 2.40. The maximum Gasteiger partial charge on any atom is 0.309 e. The van der Waals surface area contributed by atoms with Crippen LogP contribution in [0.2, 0.25) is 0 Å². The van der Waals surface area contributed by atoms with Crippen LogP contribution in [0.3, 0.4) is 0 Å². The molecule has 4 rings (SSSR count). The zero-order valence-corrected chi connectivity index (χ0v) is 20.3. The second kappa shape index (κ2) is 11.0. The summed E-state index contributed by atoms with van der Waals surface area (Å²) in [7, 11) is 1.59. The number of aromatic nitrogens is 1. The third-order valence-corrected chi connectivity index (χ3v) is 8.91. The number of piperidine rings is 1. The first-order valence-electron chi connectivity index (χ1n) is 12.2. The average molecular weight is 475 g/mol. The number of aryl methyl sites for hydroxylation is 1. The van der Waals surface area contributed by atoms with Gasteiger partial charge in [0.2, 0.25) is 0 Å². The van der Waals surface area contributed by atoms with Crippen molar-refractivity contribution in [2.45, 2.75) is 63.0 Å². The van der Waals surface area contributed by atoms with Crippen molar-refractivity contribution in [2.24, 2.45) is 5.41 Å². The molecule has 180 valence electrons. The van der Waals surface area contributed by atoms with Crippen LogP contribution in [-0.4, -0.2) is 58.7 Å². The number of carbonyl (C=O) groups is 1. The summed E-state index contributed by atoms with van der Waals surface area (Å²) in [6, 6.07) is 5.46. The van der Waals surface area contributed by atoms with E-state index in [1.807, 2.05) is 18.2 Å². The molecule has 0 spiro atoms. The number of carboxylic acid groups (broad SMARTS) is 1. The molecule has 0 amide bonds. The van der Waals surface area contributed by atoms with Crippen LogP contribution in [0, 0.1) is 11.2 Å². The SMILES string of the molecule is COc1ccc2ncc(F)c(CCCC3(C(=O)O)CCN(CCSC4CCCC4)CC3)c2c1. The van der Waals surface area contributed by atoms with Crippen LogP contribution in [0.15, 0.2) is 24.4 Å². The lowest BCUT2D eigenvalue weighted by atomic mass is 9.74. The zero-order chi connectivity index (χ0) is 23.3. The first-order chi connectivity index (χ1) is 16.0. The number of rotatable bonds is 10. The van der Waals surface area contributed by atoms with E-state index in [1.165, 1.54) is 31.9 Å². The predicted molar refractivity (Wildman–Crippen MR) is 132 cm³/mol. The molecule has 1 aromatic heterocycles. The number of benzene rings is 1. The summed E-state index contributed by atoms with van der Waals surface area (Å²) in [5.41, 5.74) is 0.622. The fourth-order valence-corrected chi connectivity index (χ4v) is 6.73. The van der Waals surface area contributed by atoms with E-state index >= 15 is 0 Å². The van der Waals surface area contributed by atoms with Crippen molar-refractivity contribution in [1.29, 1.82) is 0 Å². The minimum absolute atomic E-state index is 0.338. The monoisotopic (exact) mass is 474 g/mol. The molecule has 0 atom stereocenters. The summed E-state index contributed by atoms with van der Waals surface area (Å²) in [4.78, 5) is 18.9. The number of pyridine rings is 1. The van der Waals surface area contributed by atoms with Gasteiger partial charge in [0.05, 0.1) is 24.2 Å². The first-order valence-corrected chi connectivity index (χ1v) is 13.2. The summed E-state index contributed by atoms with van der Waals surface area (Å²) in [5, 5.41) is 11.6. The Labute approximate surface area is 200 Å². The van der Waals surface area contributed by atoms with Gasteiger partial charge in [-0.15, -0.1) is 0 Å². The van der Waals surface area contributed by atoms with Gasteiger partial charge >= 0.3 is 5.97 Å². The van der Waals surface area contributed by atoms with Crippen LogP contribution in [-0.2, 0) is 11.2 Å². The van der Waals surface area contributed by atoms with E-state index in [2.05, 4.69) is 21.6 Å². The molecule has 1 saturated carbocycles. The van der Waals surface area contributed by atoms with Crippen molar-refractivity contribution < 1.29 is 19.0 Å². The van der Waals surface area contributed by atoms with Crippen LogP contribution in [0.1, 0.15) is 56.9 Å². The topological polar surface area (TPSA) is 62.7 Å². The highest BCUT2D eigenvalue weighted by Crippen LogP contribution is 2.38. The molecule has 1 aliphatic heterocycles. The number of hydrogen-bond acceptors (Lipinski definition) is 5. The van der Waals surface area contributed by atoms with E-state index < -0.39 is 11.4 Å². The highest BCUT2D eigenvalue weighted by molar-refractivity contribution is 7.99. The minimum atomic E-state index is -0.704. The van der Waals surface area contributed by atoms with Crippen molar-refractivity contribution in [1.82, 2.24) is 9.88 Å². The van der Waals surface area contributed by atoms with Gasteiger partial charge in [-0.3, -0.25) is 9.78 Å². The molecule has 2 aromatic rings. The molecule has 2 heterocycles. The van der Waals surface area contributed by atoms with Crippen molar-refractivity contribution in [3.63, 3.8) is 0 Å². The second-order valence-corrected chi connectivity index (χ2v) is 10.9. The molecule has 5 nitrogen and oxygen atoms in total. The molecule has 1 N–H and O–H groups in total. The molecule has 33 heavy (non-hydrogen) atoms. The van der Waals surface area contributed by atoms with Gasteiger partial charge in [0.25, 0.3) is 0 Å². The van der Waals surface area contributed by atoms with Gasteiger partial charge in [-0.25, -0.2) is 4.39 Å². The normalized spacial score (nSPS) is 19.2. The molecule has 2 aliphatic rings. The van der Waals surface area contributed by atoms with Gasteiger partial charge in [0.15, 0.2) is 0 Å². The largest absolute Gasteiger partial charge is 0.497 e. The quantitative estimate of drug-likeness (QED) is 0.487. The molecule has 1 aromatic carbocycles. The summed E-state index contributed by atoms with van der Waals surface area (Å²) in [5.74, 6) is 0.762. The van der Waals surface area contributed by atoms with Crippen molar-refractivity contribution >= 4 is 28.6 Å². The van der Waals surface area contributed by atoms with Crippen LogP contribution in [0.4, 0.5) is 4.39 Å². The Kier molecular flexibility index (Phi) is 8.12. The van der Waals surface area contributed by atoms with E-state index in [1.54, 1.807) is 7.11 Å². The van der Waals surface area contributed by atoms with Gasteiger partial charge in [-0.2, -0.15) is 11.8 Å². The maximum absolute atomic E-state index is 14.6. The number of carboxylic acids is 1. The molecule has 7 heteroatoms. The van der Waals surface area contributed by atoms with Crippen LogP contribution >= 0.6 is 11.8 Å². The Balaban J connectivity index is 1.33. The van der Waals surface area contributed by atoms with Gasteiger partial charge in [0.1, 0.15) is 11.6 Å². The van der Waals surface area contributed by atoms with E-state index in [-0.39, 0.29) is 5.82 Å². The Hall–Kier alpha value is -1.86. The summed E-state index contributed by atoms with van der Waals surface area (Å²) in [6.07, 6.45) is 9.75. The number of likely N-dealkylation sites (tertiary alicyclic amines) is 1. The van der Waals surface area contributed by atoms with Gasteiger partial charge in [-0.05, 0) is 81.8 Å². The standard InChI is InChI=1S/C26H35FN2O3S/c1-32-19-8-9-24-22(17-19)21(23(27)18-28-24)7-4-10-26(25(30)31)11-13-29(14-12-26)15-16-33-20-5-2-3-6-20/h8-9,17-18,20H,2-7,10-16H2,1H3,(H,30,31). The number of halogens is 1. The van der Waals surface area contributed by atoms with E-state index in [4.69, 9.17) is 4.74 Å². The number of fused-ring (bicyclic) bond motifs is 1. The number of nitrogens with zero attached hydrogens (tertiary/aromatic N) is 2. The van der Waals surface area contributed by atoms with Crippen molar-refractivity contribution in [3.8, 4) is 5.75 Å². The zero-order valence-electron chi connectivity index (χ0n) is 19.5. The van der Waals surface area contributed by atoms with Crippen LogP contribution in [0.25, 0.3) is 10.9 Å². The molecule has 2 fully saturated rings. The van der Waals surface area contributed by atoms with Gasteiger partial charge < -0.3 is 14.7 Å². The molecular formula is C26H35FN2O3S. The number of thioether (sulfide) groups is 1. The van der Waals surface area contributed by atoms with Crippen molar-refractivity contribution in [2.75, 3.05) is 32.5 Å². The van der Waals surface area contributed by atoms with Gasteiger partial charge in [-0.1, -0.05) is 12.8 Å². The lowest BCUT2D eigenvalue weighted by molar-refractivity contribution is -0.152. The first kappa shape index (κ1) is 24.3. The summed E-state index contributed by atoms with van der Waals surface area (Å²) >= 11 is 2.09. The molecule has 1 aliphatic carbocycles. The number of hydrogen-bond donors (Lipinski definition) is 1. The van der Waals surface area contributed by atoms with E-state index in [0.29, 0.717) is 43.4 Å². The maximum atomic E-state index is 14.6. The molecular weight excluding hydrogens is 439 g/mol. The Morgan fingerprint density at radius 3 is 2.76 bits per heavy atom. The molecule has 0 radical (unpaired) electrons. The highest BCUT2D eigenvalue weighted by atomic mass is 32.2. The molecule has 1 saturated heterocycles. The number of aliphatic carboxylic acids is 1. The Bertz CT molecular complexity index is 956. The summed E-state index contributed by atoms with van der Waals surface area (Å²) < 4.78 is 19.9. The van der Waals surface area contributed by atoms with E-state index in [0.717, 1.165) is 41.5 Å². The second-order valence-electron chi connectivity index (χ2n) is 9.53. The average Bonchev–Trinajstić information content (AvgIpc) is 3.34. The third kappa shape index (κ3) is 5.80. The fraction of sp³-hybridized carbons (Fsp3) is 0.615. The Morgan fingerprint density at radius 1 is 1.30 bits per heavy atom. The molecule has 0 bridgehead atoms. The van der Waals surface area contributed by atoms with Gasteiger partial charge in [0, 0.05) is 22.9 Å². The number of methoxy groups -OCH3 is 1. The lowest BCUT2D eigenvalue weighted by Crippen LogP contribution is -2.45.